The fourth-order valence-corrected chi connectivity index (χ4v) is 4.01. The van der Waals surface area contributed by atoms with Gasteiger partial charge in [0.05, 0.1) is 6.54 Å². The minimum absolute atomic E-state index is 0.0184. The number of aryl methyl sites for hydroxylation is 1. The van der Waals surface area contributed by atoms with Crippen LogP contribution in [0.5, 0.6) is 0 Å². The van der Waals surface area contributed by atoms with Gasteiger partial charge in [0, 0.05) is 49.9 Å². The summed E-state index contributed by atoms with van der Waals surface area (Å²) >= 11 is 1.74. The van der Waals surface area contributed by atoms with Crippen LogP contribution >= 0.6 is 11.8 Å². The van der Waals surface area contributed by atoms with Gasteiger partial charge in [-0.1, -0.05) is 48.0 Å². The van der Waals surface area contributed by atoms with Gasteiger partial charge in [0.1, 0.15) is 0 Å². The molecule has 1 aliphatic heterocycles. The van der Waals surface area contributed by atoms with Gasteiger partial charge in [-0.2, -0.15) is 0 Å². The van der Waals surface area contributed by atoms with E-state index in [4.69, 9.17) is 0 Å². The maximum absolute atomic E-state index is 12.4. The average Bonchev–Trinajstić information content (AvgIpc) is 2.77. The molecule has 3 rings (SSSR count). The zero-order chi connectivity index (χ0) is 21.2. The number of nitrogens with zero attached hydrogens (tertiary/aromatic N) is 2. The first kappa shape index (κ1) is 22.2. The highest BCUT2D eigenvalue weighted by atomic mass is 32.2. The minimum Gasteiger partial charge on any atom is -0.351 e. The van der Waals surface area contributed by atoms with E-state index in [2.05, 4.69) is 46.7 Å². The van der Waals surface area contributed by atoms with Gasteiger partial charge in [-0.15, -0.1) is 11.8 Å². The van der Waals surface area contributed by atoms with Gasteiger partial charge in [0.25, 0.3) is 0 Å². The first-order chi connectivity index (χ1) is 14.6. The third-order valence-electron chi connectivity index (χ3n) is 5.03. The van der Waals surface area contributed by atoms with Crippen molar-refractivity contribution in [3.63, 3.8) is 0 Å². The largest absolute Gasteiger partial charge is 0.351 e. The van der Waals surface area contributed by atoms with Crippen molar-refractivity contribution < 1.29 is 9.59 Å². The van der Waals surface area contributed by atoms with Gasteiger partial charge in [0.2, 0.25) is 5.91 Å². The van der Waals surface area contributed by atoms with Crippen LogP contribution in [-0.2, 0) is 11.3 Å². The van der Waals surface area contributed by atoms with E-state index in [0.29, 0.717) is 45.8 Å². The fourth-order valence-electron chi connectivity index (χ4n) is 3.24. The fraction of sp³-hybridized carbons (Fsp3) is 0.391. The molecule has 0 unspecified atom stereocenters. The number of piperazine rings is 1. The molecule has 1 heterocycles. The monoisotopic (exact) mass is 426 g/mol. The number of amides is 3. The molecule has 2 aromatic rings. The average molecular weight is 427 g/mol. The van der Waals surface area contributed by atoms with Gasteiger partial charge < -0.3 is 15.5 Å². The molecule has 2 N–H and O–H groups in total. The molecule has 1 fully saturated rings. The normalized spacial score (nSPS) is 14.4. The van der Waals surface area contributed by atoms with E-state index in [1.807, 2.05) is 35.2 Å². The van der Waals surface area contributed by atoms with Crippen LogP contribution in [0, 0.1) is 6.92 Å². The number of nitrogens with one attached hydrogen (secondary N) is 2. The van der Waals surface area contributed by atoms with Crippen LogP contribution in [0.3, 0.4) is 0 Å². The third kappa shape index (κ3) is 7.39. The van der Waals surface area contributed by atoms with E-state index in [9.17, 15) is 9.59 Å². The highest BCUT2D eigenvalue weighted by Gasteiger charge is 2.22. The Morgan fingerprint density at radius 3 is 2.33 bits per heavy atom. The Hall–Kier alpha value is -2.51. The smallest absolute Gasteiger partial charge is 0.317 e. The zero-order valence-corrected chi connectivity index (χ0v) is 18.3. The van der Waals surface area contributed by atoms with Crippen molar-refractivity contribution in [3.05, 3.63) is 65.7 Å². The van der Waals surface area contributed by atoms with Crippen molar-refractivity contribution in [2.75, 3.05) is 45.0 Å². The molecule has 2 aromatic carbocycles. The Morgan fingerprint density at radius 2 is 1.63 bits per heavy atom. The van der Waals surface area contributed by atoms with E-state index in [1.165, 1.54) is 10.5 Å². The Labute approximate surface area is 183 Å². The first-order valence-corrected chi connectivity index (χ1v) is 11.3. The van der Waals surface area contributed by atoms with Crippen LogP contribution in [0.1, 0.15) is 11.1 Å². The van der Waals surface area contributed by atoms with Gasteiger partial charge in [-0.25, -0.2) is 4.79 Å². The molecule has 1 saturated heterocycles. The number of carbonyl (C=O) groups excluding carboxylic acids is 2. The molecule has 0 saturated carbocycles. The maximum Gasteiger partial charge on any atom is 0.317 e. The van der Waals surface area contributed by atoms with Gasteiger partial charge in [-0.3, -0.25) is 9.69 Å². The number of urea groups is 1. The number of hydrogen-bond donors (Lipinski definition) is 2. The lowest BCUT2D eigenvalue weighted by molar-refractivity contribution is -0.122. The molecule has 6 nitrogen and oxygen atoms in total. The second kappa shape index (κ2) is 11.6. The van der Waals surface area contributed by atoms with Crippen LogP contribution in [0.15, 0.2) is 59.5 Å². The van der Waals surface area contributed by atoms with Crippen LogP contribution in [-0.4, -0.2) is 66.8 Å². The van der Waals surface area contributed by atoms with E-state index in [-0.39, 0.29) is 11.9 Å². The van der Waals surface area contributed by atoms with E-state index < -0.39 is 0 Å². The van der Waals surface area contributed by atoms with E-state index in [0.717, 1.165) is 11.3 Å². The summed E-state index contributed by atoms with van der Waals surface area (Å²) < 4.78 is 0. The summed E-state index contributed by atoms with van der Waals surface area (Å²) in [5.74, 6) is 0.862. The molecule has 0 bridgehead atoms. The Bertz CT molecular complexity index is 806. The molecule has 0 spiro atoms. The molecule has 0 atom stereocenters. The summed E-state index contributed by atoms with van der Waals surface area (Å²) in [6, 6.07) is 18.3. The Balaban J connectivity index is 1.28. The number of rotatable bonds is 8. The highest BCUT2D eigenvalue weighted by molar-refractivity contribution is 7.99. The zero-order valence-electron chi connectivity index (χ0n) is 17.5. The highest BCUT2D eigenvalue weighted by Crippen LogP contribution is 2.17. The van der Waals surface area contributed by atoms with Gasteiger partial charge in [-0.05, 0) is 24.6 Å². The van der Waals surface area contributed by atoms with Crippen LogP contribution in [0.25, 0.3) is 0 Å². The predicted molar refractivity (Wildman–Crippen MR) is 122 cm³/mol. The van der Waals surface area contributed by atoms with Crippen molar-refractivity contribution in [2.45, 2.75) is 18.4 Å². The quantitative estimate of drug-likeness (QED) is 0.503. The molecule has 3 amide bonds. The van der Waals surface area contributed by atoms with Crippen molar-refractivity contribution in [3.8, 4) is 0 Å². The topological polar surface area (TPSA) is 64.7 Å². The summed E-state index contributed by atoms with van der Waals surface area (Å²) in [6.45, 7) is 6.34. The van der Waals surface area contributed by atoms with E-state index >= 15 is 0 Å². The molecule has 0 aliphatic carbocycles. The SMILES string of the molecule is Cc1ccc(SCCNC(=O)N2CCN(CC(=O)NCc3ccccc3)CC2)cc1. The van der Waals surface area contributed by atoms with Crippen molar-refractivity contribution in [1.29, 1.82) is 0 Å². The number of thioether (sulfide) groups is 1. The van der Waals surface area contributed by atoms with Crippen LogP contribution in [0.4, 0.5) is 4.79 Å². The molecular formula is C23H30N4O2S. The van der Waals surface area contributed by atoms with Crippen molar-refractivity contribution in [2.24, 2.45) is 0 Å². The maximum atomic E-state index is 12.4. The summed E-state index contributed by atoms with van der Waals surface area (Å²) in [4.78, 5) is 29.7. The molecule has 7 heteroatoms. The molecule has 0 aromatic heterocycles. The summed E-state index contributed by atoms with van der Waals surface area (Å²) in [6.07, 6.45) is 0. The lowest BCUT2D eigenvalue weighted by Gasteiger charge is -2.34. The van der Waals surface area contributed by atoms with Crippen LogP contribution in [0.2, 0.25) is 0 Å². The lowest BCUT2D eigenvalue weighted by atomic mass is 10.2. The Morgan fingerprint density at radius 1 is 0.933 bits per heavy atom. The molecule has 30 heavy (non-hydrogen) atoms. The standard InChI is InChI=1S/C23H30N4O2S/c1-19-7-9-21(10-8-19)30-16-11-24-23(29)27-14-12-26(13-15-27)18-22(28)25-17-20-5-3-2-4-6-20/h2-10H,11-18H2,1H3,(H,24,29)(H,25,28). The molecular weight excluding hydrogens is 396 g/mol. The van der Waals surface area contributed by atoms with E-state index in [1.54, 1.807) is 11.8 Å². The van der Waals surface area contributed by atoms with Crippen molar-refractivity contribution in [1.82, 2.24) is 20.4 Å². The first-order valence-electron chi connectivity index (χ1n) is 10.4. The lowest BCUT2D eigenvalue weighted by Crippen LogP contribution is -2.53. The summed E-state index contributed by atoms with van der Waals surface area (Å²) in [5, 5.41) is 5.95. The van der Waals surface area contributed by atoms with Gasteiger partial charge >= 0.3 is 6.03 Å². The van der Waals surface area contributed by atoms with Crippen LogP contribution < -0.4 is 10.6 Å². The number of carbonyl (C=O) groups is 2. The predicted octanol–water partition coefficient (Wildman–Crippen LogP) is 2.73. The number of hydrogen-bond acceptors (Lipinski definition) is 4. The second-order valence-electron chi connectivity index (χ2n) is 7.42. The second-order valence-corrected chi connectivity index (χ2v) is 8.59. The van der Waals surface area contributed by atoms with Gasteiger partial charge in [0.15, 0.2) is 0 Å². The summed E-state index contributed by atoms with van der Waals surface area (Å²) in [5.41, 5.74) is 2.34. The molecule has 0 radical (unpaired) electrons. The Kier molecular flexibility index (Phi) is 8.59. The minimum atomic E-state index is -0.0207. The van der Waals surface area contributed by atoms with Crippen molar-refractivity contribution >= 4 is 23.7 Å². The summed E-state index contributed by atoms with van der Waals surface area (Å²) in [7, 11) is 0. The molecule has 160 valence electrons. The third-order valence-corrected chi connectivity index (χ3v) is 6.04. The molecule has 1 aliphatic rings. The number of benzene rings is 2.